The van der Waals surface area contributed by atoms with Crippen molar-refractivity contribution in [2.45, 2.75) is 0 Å². The van der Waals surface area contributed by atoms with Crippen LogP contribution in [-0.2, 0) is 9.84 Å². The molecule has 0 saturated heterocycles. The van der Waals surface area contributed by atoms with E-state index >= 15 is 0 Å². The molecule has 5 nitrogen and oxygen atoms in total. The second-order valence-electron chi connectivity index (χ2n) is 3.72. The van der Waals surface area contributed by atoms with Crippen molar-refractivity contribution >= 4 is 31.7 Å². The van der Waals surface area contributed by atoms with Gasteiger partial charge in [0.25, 0.3) is 5.91 Å². The number of hydrogen-bond donors (Lipinski definition) is 0. The molecular formula is C10H13BrN2O3S. The predicted octanol–water partition coefficient (Wildman–Crippen LogP) is 0.961. The van der Waals surface area contributed by atoms with Crippen LogP contribution in [0.1, 0.15) is 10.4 Å². The molecule has 0 aromatic carbocycles. The Bertz CT molecular complexity index is 516. The second-order valence-corrected chi connectivity index (χ2v) is 6.80. The zero-order chi connectivity index (χ0) is 13.1. The van der Waals surface area contributed by atoms with E-state index in [1.165, 1.54) is 11.1 Å². The van der Waals surface area contributed by atoms with Gasteiger partial charge in [0, 0.05) is 31.6 Å². The molecule has 0 saturated carbocycles. The maximum atomic E-state index is 11.9. The third kappa shape index (κ3) is 4.82. The molecule has 0 bridgehead atoms. The number of carbonyl (C=O) groups is 1. The average Bonchev–Trinajstić information content (AvgIpc) is 2.24. The minimum atomic E-state index is -3.06. The van der Waals surface area contributed by atoms with Crippen molar-refractivity contribution in [2.75, 3.05) is 25.6 Å². The third-order valence-corrected chi connectivity index (χ3v) is 3.48. The fourth-order valence-electron chi connectivity index (χ4n) is 1.16. The molecule has 0 atom stereocenters. The van der Waals surface area contributed by atoms with E-state index in [1.807, 2.05) is 0 Å². The molecule has 7 heteroatoms. The molecule has 94 valence electrons. The van der Waals surface area contributed by atoms with E-state index in [1.54, 1.807) is 19.2 Å². The van der Waals surface area contributed by atoms with Gasteiger partial charge in [-0.3, -0.25) is 4.79 Å². The lowest BCUT2D eigenvalue weighted by Gasteiger charge is -2.16. The lowest BCUT2D eigenvalue weighted by Crippen LogP contribution is -2.31. The van der Waals surface area contributed by atoms with Crippen molar-refractivity contribution in [3.8, 4) is 0 Å². The SMILES string of the molecule is CN(CCS(C)(=O)=O)C(=O)c1ccnc(Br)c1. The topological polar surface area (TPSA) is 67.3 Å². The summed E-state index contributed by atoms with van der Waals surface area (Å²) in [7, 11) is -1.49. The summed E-state index contributed by atoms with van der Waals surface area (Å²) in [4.78, 5) is 17.2. The molecule has 1 aromatic rings. The summed E-state index contributed by atoms with van der Waals surface area (Å²) in [5.74, 6) is -0.265. The van der Waals surface area contributed by atoms with Gasteiger partial charge >= 0.3 is 0 Å². The van der Waals surface area contributed by atoms with E-state index in [0.29, 0.717) is 10.2 Å². The minimum Gasteiger partial charge on any atom is -0.341 e. The Hall–Kier alpha value is -0.950. The number of aromatic nitrogens is 1. The predicted molar refractivity (Wildman–Crippen MR) is 68.6 cm³/mol. The first-order valence-electron chi connectivity index (χ1n) is 4.84. The molecular weight excluding hydrogens is 308 g/mol. The van der Waals surface area contributed by atoms with Crippen LogP contribution >= 0.6 is 15.9 Å². The van der Waals surface area contributed by atoms with Crippen LogP contribution in [0.15, 0.2) is 22.9 Å². The largest absolute Gasteiger partial charge is 0.341 e. The molecule has 0 aliphatic heterocycles. The maximum absolute atomic E-state index is 11.9. The third-order valence-electron chi connectivity index (χ3n) is 2.12. The molecule has 0 aliphatic rings. The molecule has 1 rings (SSSR count). The highest BCUT2D eigenvalue weighted by molar-refractivity contribution is 9.10. The highest BCUT2D eigenvalue weighted by Crippen LogP contribution is 2.09. The zero-order valence-corrected chi connectivity index (χ0v) is 12.0. The van der Waals surface area contributed by atoms with E-state index in [-0.39, 0.29) is 18.2 Å². The number of carbonyl (C=O) groups excluding carboxylic acids is 1. The standard InChI is InChI=1S/C10H13BrN2O3S/c1-13(5-6-17(2,15)16)10(14)8-3-4-12-9(11)7-8/h3-4,7H,5-6H2,1-2H3. The van der Waals surface area contributed by atoms with Crippen molar-refractivity contribution in [1.82, 2.24) is 9.88 Å². The van der Waals surface area contributed by atoms with E-state index in [9.17, 15) is 13.2 Å². The van der Waals surface area contributed by atoms with Crippen LogP contribution in [-0.4, -0.2) is 49.8 Å². The van der Waals surface area contributed by atoms with Crippen LogP contribution in [0.4, 0.5) is 0 Å². The minimum absolute atomic E-state index is 0.0402. The number of hydrogen-bond acceptors (Lipinski definition) is 4. The summed E-state index contributed by atoms with van der Waals surface area (Å²) in [6.45, 7) is 0.178. The van der Waals surface area contributed by atoms with Gasteiger partial charge in [-0.05, 0) is 28.1 Å². The average molecular weight is 321 g/mol. The molecule has 17 heavy (non-hydrogen) atoms. The van der Waals surface area contributed by atoms with Gasteiger partial charge < -0.3 is 4.90 Å². The number of nitrogens with zero attached hydrogens (tertiary/aromatic N) is 2. The van der Waals surface area contributed by atoms with Crippen molar-refractivity contribution < 1.29 is 13.2 Å². The van der Waals surface area contributed by atoms with Crippen LogP contribution in [0.2, 0.25) is 0 Å². The van der Waals surface area contributed by atoms with E-state index in [2.05, 4.69) is 20.9 Å². The van der Waals surface area contributed by atoms with Crippen LogP contribution in [0.3, 0.4) is 0 Å². The van der Waals surface area contributed by atoms with E-state index < -0.39 is 9.84 Å². The number of sulfone groups is 1. The molecule has 1 amide bonds. The highest BCUT2D eigenvalue weighted by atomic mass is 79.9. The van der Waals surface area contributed by atoms with Crippen molar-refractivity contribution in [2.24, 2.45) is 0 Å². The van der Waals surface area contributed by atoms with Crippen LogP contribution < -0.4 is 0 Å². The molecule has 0 radical (unpaired) electrons. The molecule has 0 unspecified atom stereocenters. The fraction of sp³-hybridized carbons (Fsp3) is 0.400. The summed E-state index contributed by atoms with van der Waals surface area (Å²) in [5.41, 5.74) is 0.475. The normalized spacial score (nSPS) is 11.2. The van der Waals surface area contributed by atoms with Gasteiger partial charge in [0.2, 0.25) is 0 Å². The van der Waals surface area contributed by atoms with Crippen LogP contribution in [0.5, 0.6) is 0 Å². The Morgan fingerprint density at radius 3 is 2.71 bits per heavy atom. The first-order chi connectivity index (χ1) is 7.79. The molecule has 0 spiro atoms. The van der Waals surface area contributed by atoms with Gasteiger partial charge in [-0.2, -0.15) is 0 Å². The van der Waals surface area contributed by atoms with Crippen LogP contribution in [0.25, 0.3) is 0 Å². The van der Waals surface area contributed by atoms with E-state index in [4.69, 9.17) is 0 Å². The highest BCUT2D eigenvalue weighted by Gasteiger charge is 2.13. The maximum Gasteiger partial charge on any atom is 0.253 e. The van der Waals surface area contributed by atoms with Crippen molar-refractivity contribution in [1.29, 1.82) is 0 Å². The molecule has 0 N–H and O–H groups in total. The fourth-order valence-corrected chi connectivity index (χ4v) is 2.13. The van der Waals surface area contributed by atoms with Gasteiger partial charge in [0.1, 0.15) is 14.4 Å². The summed E-state index contributed by atoms with van der Waals surface area (Å²) >= 11 is 3.17. The number of pyridine rings is 1. The number of rotatable bonds is 4. The molecule has 1 aromatic heterocycles. The van der Waals surface area contributed by atoms with Gasteiger partial charge in [-0.15, -0.1) is 0 Å². The Labute approximate surface area is 109 Å². The summed E-state index contributed by atoms with van der Waals surface area (Å²) < 4.78 is 22.6. The van der Waals surface area contributed by atoms with Gasteiger partial charge in [0.15, 0.2) is 0 Å². The molecule has 1 heterocycles. The summed E-state index contributed by atoms with van der Waals surface area (Å²) in [6.07, 6.45) is 2.66. The number of amides is 1. The van der Waals surface area contributed by atoms with Gasteiger partial charge in [-0.1, -0.05) is 0 Å². The van der Waals surface area contributed by atoms with Gasteiger partial charge in [-0.25, -0.2) is 13.4 Å². The first-order valence-corrected chi connectivity index (χ1v) is 7.70. The lowest BCUT2D eigenvalue weighted by atomic mass is 10.2. The van der Waals surface area contributed by atoms with Crippen LogP contribution in [0, 0.1) is 0 Å². The van der Waals surface area contributed by atoms with Gasteiger partial charge in [0.05, 0.1) is 5.75 Å². The number of halogens is 1. The van der Waals surface area contributed by atoms with Crippen molar-refractivity contribution in [3.63, 3.8) is 0 Å². The summed E-state index contributed by atoms with van der Waals surface area (Å²) in [5, 5.41) is 0. The lowest BCUT2D eigenvalue weighted by molar-refractivity contribution is 0.0803. The Morgan fingerprint density at radius 2 is 2.18 bits per heavy atom. The smallest absolute Gasteiger partial charge is 0.253 e. The molecule has 0 fully saturated rings. The molecule has 0 aliphatic carbocycles. The summed E-state index contributed by atoms with van der Waals surface area (Å²) in [6, 6.07) is 3.18. The Morgan fingerprint density at radius 1 is 1.53 bits per heavy atom. The Kier molecular flexibility index (Phi) is 4.64. The Balaban J connectivity index is 2.70. The monoisotopic (exact) mass is 320 g/mol. The first kappa shape index (κ1) is 14.1. The quantitative estimate of drug-likeness (QED) is 0.775. The second kappa shape index (κ2) is 5.59. The van der Waals surface area contributed by atoms with E-state index in [0.717, 1.165) is 6.26 Å². The zero-order valence-electron chi connectivity index (χ0n) is 9.55. The van der Waals surface area contributed by atoms with Crippen molar-refractivity contribution in [3.05, 3.63) is 28.5 Å².